The normalized spacial score (nSPS) is 20.6. The highest BCUT2D eigenvalue weighted by molar-refractivity contribution is 6.25. The number of nitrogens with one attached hydrogen (secondary N) is 2. The highest BCUT2D eigenvalue weighted by Crippen LogP contribution is 2.32. The lowest BCUT2D eigenvalue weighted by Gasteiger charge is -2.31. The number of amides is 4. The zero-order valence-electron chi connectivity index (χ0n) is 21.7. The van der Waals surface area contributed by atoms with Crippen molar-refractivity contribution >= 4 is 29.3 Å². The lowest BCUT2D eigenvalue weighted by Crippen LogP contribution is -2.54. The highest BCUT2D eigenvalue weighted by atomic mass is 16.5. The van der Waals surface area contributed by atoms with Crippen LogP contribution in [0.5, 0.6) is 0 Å². The van der Waals surface area contributed by atoms with E-state index in [0.29, 0.717) is 18.3 Å². The van der Waals surface area contributed by atoms with Gasteiger partial charge in [-0.3, -0.25) is 34.3 Å². The molecule has 4 amide bonds. The Bertz CT molecular complexity index is 1220. The minimum Gasteiger partial charge on any atom is -0.380 e. The van der Waals surface area contributed by atoms with Gasteiger partial charge in [-0.1, -0.05) is 37.3 Å². The first kappa shape index (κ1) is 26.1. The average molecular weight is 519 g/mol. The number of fused-ring (bicyclic) bond motifs is 1. The molecule has 9 nitrogen and oxygen atoms in total. The summed E-state index contributed by atoms with van der Waals surface area (Å²) >= 11 is 0. The van der Waals surface area contributed by atoms with E-state index in [1.807, 2.05) is 0 Å². The van der Waals surface area contributed by atoms with Crippen LogP contribution in [0.15, 0.2) is 42.5 Å². The van der Waals surface area contributed by atoms with Crippen molar-refractivity contribution in [3.8, 4) is 0 Å². The van der Waals surface area contributed by atoms with Crippen LogP contribution in [-0.2, 0) is 27.4 Å². The second-order valence-electron chi connectivity index (χ2n) is 10.2. The summed E-state index contributed by atoms with van der Waals surface area (Å²) in [5.41, 5.74) is 3.39. The molecule has 1 unspecified atom stereocenters. The predicted octanol–water partition coefficient (Wildman–Crippen LogP) is 3.09. The number of carbonyl (C=O) groups excluding carboxylic acids is 4. The minimum atomic E-state index is -0.977. The summed E-state index contributed by atoms with van der Waals surface area (Å²) in [6.07, 6.45) is 3.82. The monoisotopic (exact) mass is 518 g/mol. The average Bonchev–Trinajstić information content (AvgIpc) is 3.18. The second-order valence-corrected chi connectivity index (χ2v) is 10.2. The smallest absolute Gasteiger partial charge is 0.264 e. The van der Waals surface area contributed by atoms with Crippen molar-refractivity contribution in [2.24, 2.45) is 0 Å². The molecule has 0 radical (unpaired) electrons. The van der Waals surface area contributed by atoms with E-state index in [1.54, 1.807) is 18.2 Å². The summed E-state index contributed by atoms with van der Waals surface area (Å²) in [4.78, 5) is 53.6. The number of likely N-dealkylation sites (tertiary alicyclic amines) is 1. The molecule has 2 fully saturated rings. The van der Waals surface area contributed by atoms with Crippen LogP contribution in [-0.4, -0.2) is 65.3 Å². The van der Waals surface area contributed by atoms with Gasteiger partial charge in [0.1, 0.15) is 6.04 Å². The number of imide groups is 2. The SMILES string of the molecule is CCCOC1CCN(Cc2ccc(CNc3cccc4c3C(=O)N(C3CCC(=O)NC3=O)C4=O)cc2)CC1. The summed E-state index contributed by atoms with van der Waals surface area (Å²) in [5, 5.41) is 5.52. The summed E-state index contributed by atoms with van der Waals surface area (Å²) in [6, 6.07) is 12.5. The number of anilines is 1. The maximum Gasteiger partial charge on any atom is 0.264 e. The molecule has 5 rings (SSSR count). The molecule has 3 aliphatic heterocycles. The van der Waals surface area contributed by atoms with Crippen molar-refractivity contribution in [2.75, 3.05) is 25.0 Å². The molecule has 0 spiro atoms. The van der Waals surface area contributed by atoms with Crippen molar-refractivity contribution in [2.45, 2.75) is 64.3 Å². The van der Waals surface area contributed by atoms with E-state index in [2.05, 4.69) is 46.7 Å². The van der Waals surface area contributed by atoms with Crippen LogP contribution in [0.2, 0.25) is 0 Å². The third-order valence-corrected chi connectivity index (χ3v) is 7.47. The summed E-state index contributed by atoms with van der Waals surface area (Å²) in [7, 11) is 0. The number of piperidine rings is 2. The van der Waals surface area contributed by atoms with Crippen molar-refractivity contribution < 1.29 is 23.9 Å². The molecule has 0 aliphatic carbocycles. The number of ether oxygens (including phenoxy) is 1. The van der Waals surface area contributed by atoms with E-state index in [1.165, 1.54) is 5.56 Å². The lowest BCUT2D eigenvalue weighted by molar-refractivity contribution is -0.136. The molecule has 2 N–H and O–H groups in total. The molecule has 2 aromatic rings. The zero-order chi connectivity index (χ0) is 26.6. The number of benzene rings is 2. The van der Waals surface area contributed by atoms with Gasteiger partial charge in [0.05, 0.1) is 17.2 Å². The molecule has 2 saturated heterocycles. The van der Waals surface area contributed by atoms with E-state index in [9.17, 15) is 19.2 Å². The maximum atomic E-state index is 13.3. The third kappa shape index (κ3) is 5.49. The molecule has 0 saturated carbocycles. The van der Waals surface area contributed by atoms with Crippen molar-refractivity contribution in [3.63, 3.8) is 0 Å². The first-order chi connectivity index (χ1) is 18.4. The first-order valence-corrected chi connectivity index (χ1v) is 13.4. The number of nitrogens with zero attached hydrogens (tertiary/aromatic N) is 2. The molecule has 0 bridgehead atoms. The Balaban J connectivity index is 1.19. The van der Waals surface area contributed by atoms with Gasteiger partial charge in [0, 0.05) is 44.9 Å². The van der Waals surface area contributed by atoms with Crippen LogP contribution in [0.25, 0.3) is 0 Å². The second kappa shape index (κ2) is 11.4. The molecule has 200 valence electrons. The Hall–Kier alpha value is -3.56. The third-order valence-electron chi connectivity index (χ3n) is 7.47. The van der Waals surface area contributed by atoms with E-state index >= 15 is 0 Å². The number of rotatable bonds is 9. The molecule has 1 atom stereocenters. The Kier molecular flexibility index (Phi) is 7.85. The van der Waals surface area contributed by atoms with Crippen LogP contribution in [0.4, 0.5) is 5.69 Å². The fourth-order valence-electron chi connectivity index (χ4n) is 5.40. The first-order valence-electron chi connectivity index (χ1n) is 13.4. The van der Waals surface area contributed by atoms with Crippen molar-refractivity contribution in [1.29, 1.82) is 0 Å². The molecule has 3 heterocycles. The van der Waals surface area contributed by atoms with Crippen molar-refractivity contribution in [1.82, 2.24) is 15.1 Å². The fourth-order valence-corrected chi connectivity index (χ4v) is 5.40. The summed E-state index contributed by atoms with van der Waals surface area (Å²) < 4.78 is 5.89. The molecular formula is C29H34N4O5. The van der Waals surface area contributed by atoms with Gasteiger partial charge < -0.3 is 10.1 Å². The lowest BCUT2D eigenvalue weighted by atomic mass is 10.0. The van der Waals surface area contributed by atoms with E-state index in [0.717, 1.165) is 56.0 Å². The van der Waals surface area contributed by atoms with Gasteiger partial charge in [0.15, 0.2) is 0 Å². The van der Waals surface area contributed by atoms with E-state index in [4.69, 9.17) is 4.74 Å². The standard InChI is InChI=1S/C29H34N4O5/c1-2-16-38-21-12-14-32(15-13-21)18-20-8-6-19(7-9-20)17-30-23-5-3-4-22-26(23)29(37)33(28(22)36)24-10-11-25(34)31-27(24)35/h3-9,21,24,30H,2,10-18H2,1H3,(H,31,34,35). The van der Waals surface area contributed by atoms with Gasteiger partial charge >= 0.3 is 0 Å². The van der Waals surface area contributed by atoms with Crippen LogP contribution in [0, 0.1) is 0 Å². The number of carbonyl (C=O) groups is 4. The van der Waals surface area contributed by atoms with Gasteiger partial charge in [-0.25, -0.2) is 0 Å². The van der Waals surface area contributed by atoms with E-state index in [-0.39, 0.29) is 24.0 Å². The molecule has 0 aromatic heterocycles. The zero-order valence-corrected chi connectivity index (χ0v) is 21.7. The molecule has 38 heavy (non-hydrogen) atoms. The predicted molar refractivity (Wildman–Crippen MR) is 141 cm³/mol. The highest BCUT2D eigenvalue weighted by Gasteiger charge is 2.45. The molecule has 3 aliphatic rings. The number of hydrogen-bond acceptors (Lipinski definition) is 7. The molecule has 9 heteroatoms. The van der Waals surface area contributed by atoms with Gasteiger partial charge in [0.2, 0.25) is 11.8 Å². The minimum absolute atomic E-state index is 0.0938. The van der Waals surface area contributed by atoms with Gasteiger partial charge in [-0.15, -0.1) is 0 Å². The Morgan fingerprint density at radius 3 is 2.39 bits per heavy atom. The van der Waals surface area contributed by atoms with Gasteiger partial charge in [0.25, 0.3) is 11.8 Å². The quantitative estimate of drug-likeness (QED) is 0.491. The van der Waals surface area contributed by atoms with Crippen LogP contribution in [0.3, 0.4) is 0 Å². The van der Waals surface area contributed by atoms with Gasteiger partial charge in [-0.05, 0) is 48.9 Å². The Labute approximate surface area is 222 Å². The number of hydrogen-bond donors (Lipinski definition) is 2. The Morgan fingerprint density at radius 1 is 0.947 bits per heavy atom. The van der Waals surface area contributed by atoms with Crippen LogP contribution >= 0.6 is 0 Å². The fraction of sp³-hybridized carbons (Fsp3) is 0.448. The maximum absolute atomic E-state index is 13.3. The summed E-state index contributed by atoms with van der Waals surface area (Å²) in [5.74, 6) is -2.02. The Morgan fingerprint density at radius 2 is 1.68 bits per heavy atom. The van der Waals surface area contributed by atoms with Crippen LogP contribution < -0.4 is 10.6 Å². The van der Waals surface area contributed by atoms with Gasteiger partial charge in [-0.2, -0.15) is 0 Å². The topological polar surface area (TPSA) is 108 Å². The summed E-state index contributed by atoms with van der Waals surface area (Å²) in [6.45, 7) is 6.45. The molecule has 2 aromatic carbocycles. The van der Waals surface area contributed by atoms with Crippen LogP contribution in [0.1, 0.15) is 70.9 Å². The largest absolute Gasteiger partial charge is 0.380 e. The van der Waals surface area contributed by atoms with Crippen molar-refractivity contribution in [3.05, 3.63) is 64.7 Å². The van der Waals surface area contributed by atoms with E-state index < -0.39 is 29.7 Å². The molecular weight excluding hydrogens is 484 g/mol.